The number of aromatic nitrogens is 3. The van der Waals surface area contributed by atoms with Gasteiger partial charge in [0.25, 0.3) is 5.56 Å². The maximum Gasteiger partial charge on any atom is 0.272 e. The molecule has 0 unspecified atom stereocenters. The summed E-state index contributed by atoms with van der Waals surface area (Å²) in [7, 11) is 0. The van der Waals surface area contributed by atoms with E-state index in [-0.39, 0.29) is 24.6 Å². The van der Waals surface area contributed by atoms with E-state index in [1.54, 1.807) is 12.1 Å². The number of amides is 1. The summed E-state index contributed by atoms with van der Waals surface area (Å²) in [6.07, 6.45) is 1.90. The number of benzene rings is 2. The lowest BCUT2D eigenvalue weighted by molar-refractivity contribution is -0.121. The third-order valence-electron chi connectivity index (χ3n) is 4.22. The Morgan fingerprint density at radius 2 is 1.80 bits per heavy atom. The van der Waals surface area contributed by atoms with Gasteiger partial charge in [-0.15, -0.1) is 0 Å². The summed E-state index contributed by atoms with van der Waals surface area (Å²) in [5.74, 6) is -0.113. The minimum atomic E-state index is -0.232. The van der Waals surface area contributed by atoms with Crippen molar-refractivity contribution in [3.05, 3.63) is 76.8 Å². The Balaban J connectivity index is 1.51. The number of H-pyrrole nitrogens is 1. The predicted molar refractivity (Wildman–Crippen MR) is 96.1 cm³/mol. The number of carbonyl (C=O) groups is 1. The maximum atomic E-state index is 12.3. The van der Waals surface area contributed by atoms with Crippen LogP contribution in [0.2, 0.25) is 0 Å². The van der Waals surface area contributed by atoms with Gasteiger partial charge in [-0.05, 0) is 23.6 Å². The first kappa shape index (κ1) is 15.1. The largest absolute Gasteiger partial charge is 0.349 e. The molecule has 0 spiro atoms. The van der Waals surface area contributed by atoms with Gasteiger partial charge in [-0.1, -0.05) is 36.4 Å². The molecule has 0 aliphatic rings. The van der Waals surface area contributed by atoms with Crippen LogP contribution in [0.15, 0.2) is 65.6 Å². The van der Waals surface area contributed by atoms with Crippen molar-refractivity contribution in [3.63, 3.8) is 0 Å². The highest BCUT2D eigenvalue weighted by atomic mass is 16.2. The first-order valence-corrected chi connectivity index (χ1v) is 7.99. The van der Waals surface area contributed by atoms with Crippen LogP contribution in [-0.4, -0.2) is 20.7 Å². The second-order valence-electron chi connectivity index (χ2n) is 5.82. The van der Waals surface area contributed by atoms with Crippen LogP contribution in [0.3, 0.4) is 0 Å². The van der Waals surface area contributed by atoms with Gasteiger partial charge < -0.3 is 9.88 Å². The van der Waals surface area contributed by atoms with Crippen LogP contribution in [0.25, 0.3) is 21.7 Å². The first-order valence-electron chi connectivity index (χ1n) is 7.99. The molecular formula is C19H16N4O2. The zero-order valence-electron chi connectivity index (χ0n) is 13.4. The van der Waals surface area contributed by atoms with Gasteiger partial charge in [0, 0.05) is 17.1 Å². The topological polar surface area (TPSA) is 79.8 Å². The Morgan fingerprint density at radius 1 is 1.04 bits per heavy atom. The van der Waals surface area contributed by atoms with Gasteiger partial charge in [-0.25, -0.2) is 5.10 Å². The average molecular weight is 332 g/mol. The van der Waals surface area contributed by atoms with E-state index in [2.05, 4.69) is 15.5 Å². The van der Waals surface area contributed by atoms with Crippen molar-refractivity contribution in [2.24, 2.45) is 0 Å². The fourth-order valence-electron chi connectivity index (χ4n) is 2.98. The molecule has 0 radical (unpaired) electrons. The third kappa shape index (κ3) is 2.89. The molecule has 0 fully saturated rings. The second-order valence-corrected chi connectivity index (χ2v) is 5.82. The number of hydrogen-bond donors (Lipinski definition) is 2. The van der Waals surface area contributed by atoms with E-state index >= 15 is 0 Å². The second kappa shape index (κ2) is 6.24. The Morgan fingerprint density at radius 3 is 2.68 bits per heavy atom. The fraction of sp³-hybridized carbons (Fsp3) is 0.105. The van der Waals surface area contributed by atoms with Gasteiger partial charge in [-0.2, -0.15) is 5.10 Å². The van der Waals surface area contributed by atoms with Crippen molar-refractivity contribution in [1.29, 1.82) is 0 Å². The van der Waals surface area contributed by atoms with Gasteiger partial charge >= 0.3 is 0 Å². The van der Waals surface area contributed by atoms with Gasteiger partial charge in [0.2, 0.25) is 5.91 Å². The highest BCUT2D eigenvalue weighted by Gasteiger charge is 2.09. The van der Waals surface area contributed by atoms with Crippen molar-refractivity contribution in [2.75, 3.05) is 0 Å². The summed E-state index contributed by atoms with van der Waals surface area (Å²) in [5, 5.41) is 11.8. The number of rotatable bonds is 4. The summed E-state index contributed by atoms with van der Waals surface area (Å²) >= 11 is 0. The van der Waals surface area contributed by atoms with Gasteiger partial charge in [0.1, 0.15) is 6.54 Å². The molecule has 0 aliphatic heterocycles. The highest BCUT2D eigenvalue weighted by Crippen LogP contribution is 2.15. The minimum absolute atomic E-state index is 0.113. The summed E-state index contributed by atoms with van der Waals surface area (Å²) in [4.78, 5) is 24.1. The van der Waals surface area contributed by atoms with E-state index in [4.69, 9.17) is 0 Å². The van der Waals surface area contributed by atoms with Crippen molar-refractivity contribution in [1.82, 2.24) is 20.1 Å². The first-order chi connectivity index (χ1) is 12.2. The zero-order valence-corrected chi connectivity index (χ0v) is 13.4. The highest BCUT2D eigenvalue weighted by molar-refractivity contribution is 5.85. The lowest BCUT2D eigenvalue weighted by Gasteiger charge is -2.08. The van der Waals surface area contributed by atoms with Crippen LogP contribution in [0.4, 0.5) is 0 Å². The average Bonchev–Trinajstić information content (AvgIpc) is 3.04. The minimum Gasteiger partial charge on any atom is -0.349 e. The van der Waals surface area contributed by atoms with Crippen LogP contribution in [0, 0.1) is 0 Å². The Bertz CT molecular complexity index is 1130. The molecule has 0 atom stereocenters. The normalized spacial score (nSPS) is 11.0. The Labute approximate surface area is 143 Å². The Hall–Kier alpha value is -3.41. The van der Waals surface area contributed by atoms with E-state index in [9.17, 15) is 9.59 Å². The van der Waals surface area contributed by atoms with Crippen LogP contribution >= 0.6 is 0 Å². The molecule has 4 rings (SSSR count). The smallest absolute Gasteiger partial charge is 0.272 e. The van der Waals surface area contributed by atoms with Crippen LogP contribution < -0.4 is 10.9 Å². The van der Waals surface area contributed by atoms with Gasteiger partial charge in [-0.3, -0.25) is 9.59 Å². The molecule has 1 amide bonds. The molecule has 124 valence electrons. The van der Waals surface area contributed by atoms with Crippen LogP contribution in [0.1, 0.15) is 5.69 Å². The molecule has 2 aromatic carbocycles. The molecule has 0 saturated heterocycles. The standard InChI is InChI=1S/C19H16N4O2/c24-18(12-23-10-9-13-5-1-4-8-17(13)23)20-11-16-14-6-2-3-7-15(14)19(25)22-21-16/h1-10H,11-12H2,(H,20,24)(H,22,25). The van der Waals surface area contributed by atoms with E-state index < -0.39 is 0 Å². The molecule has 0 saturated carbocycles. The number of fused-ring (bicyclic) bond motifs is 2. The van der Waals surface area contributed by atoms with Crippen molar-refractivity contribution >= 4 is 27.6 Å². The molecule has 25 heavy (non-hydrogen) atoms. The monoisotopic (exact) mass is 332 g/mol. The molecule has 6 heteroatoms. The molecule has 4 aromatic rings. The molecule has 0 bridgehead atoms. The summed E-state index contributed by atoms with van der Waals surface area (Å²) in [5.41, 5.74) is 1.43. The fourth-order valence-corrected chi connectivity index (χ4v) is 2.98. The lowest BCUT2D eigenvalue weighted by atomic mass is 10.1. The van der Waals surface area contributed by atoms with Crippen LogP contribution in [0.5, 0.6) is 0 Å². The summed E-state index contributed by atoms with van der Waals surface area (Å²) in [6, 6.07) is 17.1. The number of aromatic amines is 1. The molecule has 2 heterocycles. The number of para-hydroxylation sites is 1. The maximum absolute atomic E-state index is 12.3. The summed E-state index contributed by atoms with van der Waals surface area (Å²) in [6.45, 7) is 0.490. The molecule has 0 aliphatic carbocycles. The Kier molecular flexibility index (Phi) is 3.78. The van der Waals surface area contributed by atoms with Crippen molar-refractivity contribution in [3.8, 4) is 0 Å². The van der Waals surface area contributed by atoms with E-state index in [1.807, 2.05) is 53.2 Å². The van der Waals surface area contributed by atoms with Crippen molar-refractivity contribution in [2.45, 2.75) is 13.1 Å². The van der Waals surface area contributed by atoms with Gasteiger partial charge in [0.05, 0.1) is 17.6 Å². The van der Waals surface area contributed by atoms with E-state index in [0.717, 1.165) is 16.3 Å². The molecule has 2 aromatic heterocycles. The zero-order chi connectivity index (χ0) is 17.2. The third-order valence-corrected chi connectivity index (χ3v) is 4.22. The molecular weight excluding hydrogens is 316 g/mol. The molecule has 6 nitrogen and oxygen atoms in total. The lowest BCUT2D eigenvalue weighted by Crippen LogP contribution is -2.28. The van der Waals surface area contributed by atoms with Crippen LogP contribution in [-0.2, 0) is 17.9 Å². The van der Waals surface area contributed by atoms with Crippen molar-refractivity contribution < 1.29 is 4.79 Å². The predicted octanol–water partition coefficient (Wildman–Crippen LogP) is 2.19. The van der Waals surface area contributed by atoms with E-state index in [1.165, 1.54) is 0 Å². The van der Waals surface area contributed by atoms with Gasteiger partial charge in [0.15, 0.2) is 0 Å². The number of nitrogens with one attached hydrogen (secondary N) is 2. The van der Waals surface area contributed by atoms with E-state index in [0.29, 0.717) is 11.1 Å². The molecule has 2 N–H and O–H groups in total. The number of carbonyl (C=O) groups excluding carboxylic acids is 1. The number of nitrogens with zero attached hydrogens (tertiary/aromatic N) is 2. The number of hydrogen-bond acceptors (Lipinski definition) is 3. The SMILES string of the molecule is O=C(Cn1ccc2ccccc21)NCc1n[nH]c(=O)c2ccccc12. The quantitative estimate of drug-likeness (QED) is 0.601. The summed E-state index contributed by atoms with van der Waals surface area (Å²) < 4.78 is 1.91.